The highest BCUT2D eigenvalue weighted by Gasteiger charge is 2.46. The molecule has 0 saturated heterocycles. The van der Waals surface area contributed by atoms with Crippen LogP contribution in [0.5, 0.6) is 0 Å². The number of halogens is 2. The Morgan fingerprint density at radius 2 is 1.95 bits per heavy atom. The quantitative estimate of drug-likeness (QED) is 0.925. The summed E-state index contributed by atoms with van der Waals surface area (Å²) in [6, 6.07) is 9.00. The van der Waals surface area contributed by atoms with Crippen LogP contribution in [0.1, 0.15) is 24.2 Å². The van der Waals surface area contributed by atoms with Crippen LogP contribution in [0.15, 0.2) is 46.0 Å². The second kappa shape index (κ2) is 4.61. The molecule has 104 valence electrons. The van der Waals surface area contributed by atoms with Gasteiger partial charge in [0.05, 0.1) is 0 Å². The van der Waals surface area contributed by atoms with Crippen LogP contribution < -0.4 is 0 Å². The molecule has 2 atom stereocenters. The first kappa shape index (κ1) is 13.1. The lowest BCUT2D eigenvalue weighted by atomic mass is 9.87. The third kappa shape index (κ3) is 2.19. The molecule has 2 aromatic rings. The maximum atomic E-state index is 13.0. The Bertz CT molecular complexity index is 663. The van der Waals surface area contributed by atoms with Gasteiger partial charge in [-0.25, -0.2) is 4.39 Å². The molecule has 0 bridgehead atoms. The third-order valence-corrected chi connectivity index (χ3v) is 3.37. The van der Waals surface area contributed by atoms with E-state index < -0.39 is 11.7 Å². The van der Waals surface area contributed by atoms with Gasteiger partial charge in [-0.1, -0.05) is 17.3 Å². The Kier molecular flexibility index (Phi) is 3.03. The number of furan rings is 1. The van der Waals surface area contributed by atoms with Gasteiger partial charge in [-0.05, 0) is 41.4 Å². The average Bonchev–Trinajstić information content (AvgIpc) is 2.94. The van der Waals surface area contributed by atoms with Gasteiger partial charge in [0.1, 0.15) is 17.4 Å². The van der Waals surface area contributed by atoms with Crippen molar-refractivity contribution in [1.29, 1.82) is 0 Å². The fraction of sp³-hybridized carbons (Fsp3) is 0.214. The highest BCUT2D eigenvalue weighted by atomic mass is 35.5. The van der Waals surface area contributed by atoms with E-state index in [0.717, 1.165) is 0 Å². The van der Waals surface area contributed by atoms with Gasteiger partial charge in [-0.2, -0.15) is 0 Å². The molecule has 1 aliphatic rings. The van der Waals surface area contributed by atoms with Crippen LogP contribution >= 0.6 is 11.6 Å². The first-order valence-electron chi connectivity index (χ1n) is 5.97. The molecule has 0 fully saturated rings. The lowest BCUT2D eigenvalue weighted by Gasteiger charge is -2.23. The van der Waals surface area contributed by atoms with E-state index in [1.807, 2.05) is 0 Å². The molecule has 3 rings (SSSR count). The highest BCUT2D eigenvalue weighted by molar-refractivity contribution is 6.29. The van der Waals surface area contributed by atoms with Crippen molar-refractivity contribution in [3.63, 3.8) is 0 Å². The molecule has 20 heavy (non-hydrogen) atoms. The summed E-state index contributed by atoms with van der Waals surface area (Å²) < 4.78 is 18.3. The van der Waals surface area contributed by atoms with Gasteiger partial charge in [0.15, 0.2) is 11.0 Å². The van der Waals surface area contributed by atoms with E-state index in [4.69, 9.17) is 20.9 Å². The zero-order valence-corrected chi connectivity index (χ0v) is 11.3. The molecule has 0 amide bonds. The predicted molar refractivity (Wildman–Crippen MR) is 71.1 cm³/mol. The van der Waals surface area contributed by atoms with Gasteiger partial charge in [-0.3, -0.25) is 0 Å². The van der Waals surface area contributed by atoms with Crippen LogP contribution in [0.3, 0.4) is 0 Å². The molecule has 4 nitrogen and oxygen atoms in total. The SMILES string of the molecule is CC1(O)ON=C(c2ccc(Cl)o2)C1c1ccc(F)cc1. The van der Waals surface area contributed by atoms with E-state index >= 15 is 0 Å². The van der Waals surface area contributed by atoms with Crippen molar-refractivity contribution in [3.8, 4) is 0 Å². The molecule has 0 radical (unpaired) electrons. The van der Waals surface area contributed by atoms with Gasteiger partial charge < -0.3 is 14.4 Å². The summed E-state index contributed by atoms with van der Waals surface area (Å²) in [7, 11) is 0. The highest BCUT2D eigenvalue weighted by Crippen LogP contribution is 2.39. The van der Waals surface area contributed by atoms with E-state index in [2.05, 4.69) is 5.16 Å². The van der Waals surface area contributed by atoms with Crippen LogP contribution in [0.4, 0.5) is 4.39 Å². The van der Waals surface area contributed by atoms with Crippen LogP contribution in [0.25, 0.3) is 0 Å². The van der Waals surface area contributed by atoms with Gasteiger partial charge in [-0.15, -0.1) is 0 Å². The van der Waals surface area contributed by atoms with E-state index in [9.17, 15) is 9.50 Å². The van der Waals surface area contributed by atoms with Crippen molar-refractivity contribution in [3.05, 3.63) is 58.8 Å². The van der Waals surface area contributed by atoms with Gasteiger partial charge in [0, 0.05) is 6.92 Å². The van der Waals surface area contributed by atoms with Gasteiger partial charge in [0.25, 0.3) is 0 Å². The fourth-order valence-corrected chi connectivity index (χ4v) is 2.41. The van der Waals surface area contributed by atoms with Gasteiger partial charge >= 0.3 is 0 Å². The molecule has 2 heterocycles. The molecule has 1 N–H and O–H groups in total. The molecule has 1 aliphatic heterocycles. The van der Waals surface area contributed by atoms with E-state index in [-0.39, 0.29) is 11.0 Å². The summed E-state index contributed by atoms with van der Waals surface area (Å²) in [6.45, 7) is 1.49. The standard InChI is InChI=1S/C14H11ClFNO3/c1-14(18)12(8-2-4-9(16)5-3-8)13(17-20-14)10-6-7-11(15)19-10/h2-7,12,18H,1H3. The number of hydrogen-bond donors (Lipinski definition) is 1. The van der Waals surface area contributed by atoms with Gasteiger partial charge in [0.2, 0.25) is 5.79 Å². The molecule has 0 aliphatic carbocycles. The summed E-state index contributed by atoms with van der Waals surface area (Å²) in [5, 5.41) is 14.4. The Morgan fingerprint density at radius 3 is 2.55 bits per heavy atom. The van der Waals surface area contributed by atoms with Crippen LogP contribution in [-0.2, 0) is 4.84 Å². The second-order valence-corrected chi connectivity index (χ2v) is 5.08. The Hall–Kier alpha value is -1.85. The minimum absolute atomic E-state index is 0.215. The van der Waals surface area contributed by atoms with Crippen LogP contribution in [0, 0.1) is 5.82 Å². The first-order valence-corrected chi connectivity index (χ1v) is 6.35. The summed E-state index contributed by atoms with van der Waals surface area (Å²) in [5.74, 6) is -2.08. The van der Waals surface area contributed by atoms with Crippen LogP contribution in [-0.4, -0.2) is 16.6 Å². The molecular weight excluding hydrogens is 285 g/mol. The fourth-order valence-electron chi connectivity index (χ4n) is 2.26. The Balaban J connectivity index is 2.04. The summed E-state index contributed by atoms with van der Waals surface area (Å²) in [4.78, 5) is 5.06. The smallest absolute Gasteiger partial charge is 0.244 e. The number of nitrogens with zero attached hydrogens (tertiary/aromatic N) is 1. The van der Waals surface area contributed by atoms with Crippen molar-refractivity contribution >= 4 is 17.3 Å². The Labute approximate surface area is 119 Å². The largest absolute Gasteiger partial charge is 0.443 e. The summed E-state index contributed by atoms with van der Waals surface area (Å²) >= 11 is 5.75. The van der Waals surface area contributed by atoms with Crippen molar-refractivity contribution in [2.24, 2.45) is 5.16 Å². The molecule has 0 saturated carbocycles. The molecule has 1 aromatic carbocycles. The van der Waals surface area contributed by atoms with Crippen molar-refractivity contribution in [2.75, 3.05) is 0 Å². The van der Waals surface area contributed by atoms with Crippen molar-refractivity contribution < 1.29 is 18.8 Å². The van der Waals surface area contributed by atoms with E-state index in [0.29, 0.717) is 17.0 Å². The predicted octanol–water partition coefficient (Wildman–Crippen LogP) is 3.30. The number of oxime groups is 1. The zero-order chi connectivity index (χ0) is 14.3. The minimum Gasteiger partial charge on any atom is -0.443 e. The monoisotopic (exact) mass is 295 g/mol. The number of rotatable bonds is 2. The second-order valence-electron chi connectivity index (χ2n) is 4.71. The lowest BCUT2D eigenvalue weighted by molar-refractivity contribution is -0.179. The van der Waals surface area contributed by atoms with Crippen molar-refractivity contribution in [2.45, 2.75) is 18.6 Å². The molecule has 6 heteroatoms. The maximum absolute atomic E-state index is 13.0. The number of aliphatic hydroxyl groups is 1. The Morgan fingerprint density at radius 1 is 1.25 bits per heavy atom. The topological polar surface area (TPSA) is 55.0 Å². The average molecular weight is 296 g/mol. The molecule has 1 aromatic heterocycles. The van der Waals surface area contributed by atoms with Crippen LogP contribution in [0.2, 0.25) is 5.22 Å². The molecule has 0 spiro atoms. The number of benzene rings is 1. The lowest BCUT2D eigenvalue weighted by Crippen LogP contribution is -2.33. The molecular formula is C14H11ClFNO3. The summed E-state index contributed by atoms with van der Waals surface area (Å²) in [5.41, 5.74) is 1.08. The third-order valence-electron chi connectivity index (χ3n) is 3.17. The van der Waals surface area contributed by atoms with Crippen molar-refractivity contribution in [1.82, 2.24) is 0 Å². The van der Waals surface area contributed by atoms with E-state index in [1.54, 1.807) is 24.3 Å². The first-order chi connectivity index (χ1) is 9.47. The number of hydrogen-bond acceptors (Lipinski definition) is 4. The summed E-state index contributed by atoms with van der Waals surface area (Å²) in [6.07, 6.45) is 0. The normalized spacial score (nSPS) is 25.4. The maximum Gasteiger partial charge on any atom is 0.244 e. The zero-order valence-electron chi connectivity index (χ0n) is 10.5. The molecule has 2 unspecified atom stereocenters. The van der Waals surface area contributed by atoms with E-state index in [1.165, 1.54) is 19.1 Å². The minimum atomic E-state index is -1.54.